The molecule has 1 aliphatic carbocycles. The molecule has 4 aliphatic heterocycles. The molecule has 17 nitrogen and oxygen atoms in total. The maximum Gasteiger partial charge on any atom is 0.293 e. The van der Waals surface area contributed by atoms with Crippen LogP contribution in [0.25, 0.3) is 10.9 Å². The van der Waals surface area contributed by atoms with Crippen LogP contribution in [-0.4, -0.2) is 124 Å². The van der Waals surface area contributed by atoms with E-state index < -0.39 is 11.9 Å². The lowest BCUT2D eigenvalue weighted by atomic mass is 9.84. The van der Waals surface area contributed by atoms with Crippen LogP contribution in [0.3, 0.4) is 0 Å². The highest BCUT2D eigenvalue weighted by Crippen LogP contribution is 2.38. The monoisotopic (exact) mass is 908 g/mol. The van der Waals surface area contributed by atoms with Crippen LogP contribution in [0, 0.1) is 0 Å². The van der Waals surface area contributed by atoms with Crippen molar-refractivity contribution in [1.82, 2.24) is 35.0 Å². The van der Waals surface area contributed by atoms with E-state index in [0.29, 0.717) is 59.1 Å². The molecule has 3 saturated heterocycles. The molecule has 1 saturated carbocycles. The van der Waals surface area contributed by atoms with E-state index >= 15 is 0 Å². The molecule has 6 heterocycles. The van der Waals surface area contributed by atoms with Gasteiger partial charge in [-0.2, -0.15) is 4.98 Å². The summed E-state index contributed by atoms with van der Waals surface area (Å²) in [4.78, 5) is 80.9. The lowest BCUT2D eigenvalue weighted by Crippen LogP contribution is -2.63. The van der Waals surface area contributed by atoms with Crippen molar-refractivity contribution in [3.05, 3.63) is 75.2 Å². The van der Waals surface area contributed by atoms with Gasteiger partial charge in [0.05, 0.1) is 23.9 Å². The average Bonchev–Trinajstić information content (AvgIpc) is 3.59. The van der Waals surface area contributed by atoms with Gasteiger partial charge in [-0.25, -0.2) is 4.98 Å². The third-order valence-corrected chi connectivity index (χ3v) is 13.9. The number of pyridine rings is 1. The molecule has 0 bridgehead atoms. The summed E-state index contributed by atoms with van der Waals surface area (Å²) in [7, 11) is 1.52. The largest absolute Gasteiger partial charge is 0.478 e. The Balaban J connectivity index is 0.761. The number of imide groups is 1. The summed E-state index contributed by atoms with van der Waals surface area (Å²) in [6.07, 6.45) is 6.35. The fourth-order valence-corrected chi connectivity index (χ4v) is 10.5. The molecule has 5 aliphatic rings. The standard InChI is InChI=1S/C47H57ClN10O7/c1-26(2)57-38-9-6-31(16-29(38)18-40(46(57)63)64-25-42(60)49-5)51-43-37(48)21-50-47(53-43)54-14-12-34(13-15-54)65-35-19-33(20-35)58-27(3)22-55(23-28(58)4)32-7-8-36-30(17-32)24-56(45(36)62)39-10-11-41(59)52-44(39)61/h6-9,16-18,21,26-28,33-35,39H,10-15,19-20,22-25H2,1-5H3,(H,49,60)(H,50,51,53)(H,52,59,61)/t27-,28-,33?,35?,39?/m1/s1. The number of hydrogen-bond acceptors (Lipinski definition) is 13. The molecule has 4 fully saturated rings. The number of fused-ring (bicyclic) bond motifs is 2. The van der Waals surface area contributed by atoms with Gasteiger partial charge in [-0.3, -0.25) is 34.2 Å². The predicted molar refractivity (Wildman–Crippen MR) is 247 cm³/mol. The van der Waals surface area contributed by atoms with E-state index in [1.807, 2.05) is 44.2 Å². The minimum atomic E-state index is -0.620. The van der Waals surface area contributed by atoms with Crippen molar-refractivity contribution >= 4 is 69.3 Å². The molecule has 65 heavy (non-hydrogen) atoms. The van der Waals surface area contributed by atoms with E-state index in [0.717, 1.165) is 74.0 Å². The zero-order chi connectivity index (χ0) is 45.7. The van der Waals surface area contributed by atoms with Crippen LogP contribution in [-0.2, 0) is 25.7 Å². The van der Waals surface area contributed by atoms with Gasteiger partial charge in [0.2, 0.25) is 17.8 Å². The Bertz CT molecular complexity index is 2560. The lowest BCUT2D eigenvalue weighted by Gasteiger charge is -2.53. The quantitative estimate of drug-likeness (QED) is 0.166. The first kappa shape index (κ1) is 44.4. The number of carbonyl (C=O) groups is 4. The summed E-state index contributed by atoms with van der Waals surface area (Å²) in [6, 6.07) is 13.7. The molecular formula is C47H57ClN10O7. The molecule has 4 amide bonds. The van der Waals surface area contributed by atoms with Crippen LogP contribution < -0.4 is 36.0 Å². The van der Waals surface area contributed by atoms with Crippen LogP contribution in [0.5, 0.6) is 5.75 Å². The highest BCUT2D eigenvalue weighted by molar-refractivity contribution is 6.33. The summed E-state index contributed by atoms with van der Waals surface area (Å²) in [6.45, 7) is 11.8. The summed E-state index contributed by atoms with van der Waals surface area (Å²) >= 11 is 6.62. The fourth-order valence-electron chi connectivity index (χ4n) is 10.3. The molecular weight excluding hydrogens is 852 g/mol. The van der Waals surface area contributed by atoms with Gasteiger partial charge in [0.15, 0.2) is 18.2 Å². The SMILES string of the molecule is CNC(=O)COc1cc2cc(Nc3nc(N4CCC(OC5CC(N6[C@H](C)CN(c7ccc8c(c7)CN(C7CCC(=O)NC7=O)C8=O)C[C@H]6C)C5)CC4)ncc3Cl)ccc2n(C(C)C)c1=O. The zero-order valence-electron chi connectivity index (χ0n) is 37.5. The minimum absolute atomic E-state index is 0.0932. The number of halogens is 1. The number of piperazine rings is 1. The van der Waals surface area contributed by atoms with Crippen LogP contribution >= 0.6 is 11.6 Å². The third kappa shape index (κ3) is 8.97. The molecule has 18 heteroatoms. The number of ether oxygens (including phenoxy) is 2. The van der Waals surface area contributed by atoms with Crippen LogP contribution in [0.15, 0.2) is 53.5 Å². The van der Waals surface area contributed by atoms with Crippen molar-refractivity contribution < 1.29 is 28.7 Å². The number of likely N-dealkylation sites (N-methyl/N-ethyl adjacent to an activating group) is 1. The summed E-state index contributed by atoms with van der Waals surface area (Å²) in [5.41, 5.74) is 3.79. The lowest BCUT2D eigenvalue weighted by molar-refractivity contribution is -0.137. The van der Waals surface area contributed by atoms with Crippen LogP contribution in [0.1, 0.15) is 88.2 Å². The van der Waals surface area contributed by atoms with Crippen LogP contribution in [0.2, 0.25) is 5.02 Å². The van der Waals surface area contributed by atoms with E-state index in [1.54, 1.807) is 21.7 Å². The normalized spacial score (nSPS) is 24.0. The van der Waals surface area contributed by atoms with Crippen molar-refractivity contribution in [3.8, 4) is 5.75 Å². The molecule has 344 valence electrons. The Morgan fingerprint density at radius 1 is 0.954 bits per heavy atom. The van der Waals surface area contributed by atoms with Gasteiger partial charge in [0, 0.05) is 92.7 Å². The third-order valence-electron chi connectivity index (χ3n) is 13.6. The smallest absolute Gasteiger partial charge is 0.293 e. The number of amides is 4. The molecule has 9 rings (SSSR count). The fraction of sp³-hybridized carbons (Fsp3) is 0.511. The van der Waals surface area contributed by atoms with E-state index in [2.05, 4.69) is 55.5 Å². The van der Waals surface area contributed by atoms with E-state index in [1.165, 1.54) is 7.05 Å². The molecule has 0 radical (unpaired) electrons. The summed E-state index contributed by atoms with van der Waals surface area (Å²) in [5, 5.41) is 9.36. The van der Waals surface area contributed by atoms with Gasteiger partial charge in [-0.1, -0.05) is 11.6 Å². The summed E-state index contributed by atoms with van der Waals surface area (Å²) < 4.78 is 14.0. The number of aromatic nitrogens is 3. The Morgan fingerprint density at radius 3 is 2.42 bits per heavy atom. The van der Waals surface area contributed by atoms with Gasteiger partial charge < -0.3 is 39.4 Å². The number of benzene rings is 2. The van der Waals surface area contributed by atoms with Gasteiger partial charge >= 0.3 is 0 Å². The van der Waals surface area contributed by atoms with Gasteiger partial charge in [-0.05, 0) is 108 Å². The number of nitrogens with one attached hydrogen (secondary N) is 3. The minimum Gasteiger partial charge on any atom is -0.478 e. The van der Waals surface area contributed by atoms with E-state index in [4.69, 9.17) is 26.1 Å². The highest BCUT2D eigenvalue weighted by atomic mass is 35.5. The van der Waals surface area contributed by atoms with Crippen molar-refractivity contribution in [2.24, 2.45) is 0 Å². The topological polar surface area (TPSA) is 184 Å². The maximum atomic E-state index is 13.3. The number of piperidine rings is 2. The Kier molecular flexibility index (Phi) is 12.5. The highest BCUT2D eigenvalue weighted by Gasteiger charge is 2.43. The van der Waals surface area contributed by atoms with Gasteiger partial charge in [0.1, 0.15) is 11.1 Å². The first-order chi connectivity index (χ1) is 31.2. The average molecular weight is 909 g/mol. The number of carbonyl (C=O) groups excluding carboxylic acids is 4. The van der Waals surface area contributed by atoms with E-state index in [-0.39, 0.29) is 60.3 Å². The molecule has 2 aromatic heterocycles. The molecule has 4 aromatic rings. The second-order valence-corrected chi connectivity index (χ2v) is 18.8. The number of hydrogen-bond donors (Lipinski definition) is 3. The van der Waals surface area contributed by atoms with Gasteiger partial charge in [-0.15, -0.1) is 0 Å². The second kappa shape index (κ2) is 18.2. The van der Waals surface area contributed by atoms with E-state index in [9.17, 15) is 24.0 Å². The Morgan fingerprint density at radius 2 is 1.71 bits per heavy atom. The summed E-state index contributed by atoms with van der Waals surface area (Å²) in [5.74, 6) is -0.0152. The van der Waals surface area contributed by atoms with Crippen LogP contribution in [0.4, 0.5) is 23.1 Å². The Hall–Kier alpha value is -5.78. The molecule has 0 spiro atoms. The number of nitrogens with zero attached hydrogens (tertiary/aromatic N) is 7. The second-order valence-electron chi connectivity index (χ2n) is 18.4. The Labute approximate surface area is 382 Å². The van der Waals surface area contributed by atoms with Crippen molar-refractivity contribution in [2.45, 2.75) is 115 Å². The van der Waals surface area contributed by atoms with Crippen molar-refractivity contribution in [3.63, 3.8) is 0 Å². The first-order valence-electron chi connectivity index (χ1n) is 22.8. The molecule has 3 atom stereocenters. The molecule has 3 N–H and O–H groups in total. The number of rotatable bonds is 12. The molecule has 2 aromatic carbocycles. The van der Waals surface area contributed by atoms with Gasteiger partial charge in [0.25, 0.3) is 17.4 Å². The van der Waals surface area contributed by atoms with Crippen molar-refractivity contribution in [2.75, 3.05) is 55.0 Å². The van der Waals surface area contributed by atoms with Crippen molar-refractivity contribution in [1.29, 1.82) is 0 Å². The first-order valence-corrected chi connectivity index (χ1v) is 23.1. The molecule has 1 unspecified atom stereocenters. The zero-order valence-corrected chi connectivity index (χ0v) is 38.3. The predicted octanol–water partition coefficient (Wildman–Crippen LogP) is 4.77. The number of anilines is 4. The maximum absolute atomic E-state index is 13.3.